The van der Waals surface area contributed by atoms with Gasteiger partial charge in [-0.25, -0.2) is 0 Å². The summed E-state index contributed by atoms with van der Waals surface area (Å²) in [6.07, 6.45) is 0.623. The summed E-state index contributed by atoms with van der Waals surface area (Å²) >= 11 is 0. The monoisotopic (exact) mass is 344 g/mol. The zero-order valence-electron chi connectivity index (χ0n) is 15.1. The van der Waals surface area contributed by atoms with E-state index in [1.54, 1.807) is 0 Å². The molecule has 132 valence electrons. The van der Waals surface area contributed by atoms with Gasteiger partial charge in [0.2, 0.25) is 0 Å². The minimum absolute atomic E-state index is 0.226. The van der Waals surface area contributed by atoms with Crippen molar-refractivity contribution < 1.29 is 9.84 Å². The highest BCUT2D eigenvalue weighted by Crippen LogP contribution is 2.51. The maximum absolute atomic E-state index is 11.6. The third kappa shape index (κ3) is 2.96. The molecule has 0 bridgehead atoms. The van der Waals surface area contributed by atoms with Crippen molar-refractivity contribution in [2.75, 3.05) is 6.61 Å². The Balaban J connectivity index is 1.61. The minimum atomic E-state index is -0.970. The molecule has 1 aliphatic carbocycles. The van der Waals surface area contributed by atoms with Crippen LogP contribution in [0.2, 0.25) is 0 Å². The Morgan fingerprint density at radius 1 is 0.808 bits per heavy atom. The van der Waals surface area contributed by atoms with Crippen LogP contribution in [-0.2, 0) is 22.4 Å². The van der Waals surface area contributed by atoms with Crippen LogP contribution in [0.25, 0.3) is 0 Å². The van der Waals surface area contributed by atoms with Gasteiger partial charge in [-0.2, -0.15) is 0 Å². The van der Waals surface area contributed by atoms with E-state index in [9.17, 15) is 5.11 Å². The highest BCUT2D eigenvalue weighted by molar-refractivity contribution is 5.50. The van der Waals surface area contributed by atoms with Crippen LogP contribution in [0.1, 0.15) is 35.6 Å². The molecule has 1 aliphatic rings. The van der Waals surface area contributed by atoms with Gasteiger partial charge in [-0.1, -0.05) is 91.9 Å². The Morgan fingerprint density at radius 2 is 1.38 bits per heavy atom. The lowest BCUT2D eigenvalue weighted by molar-refractivity contribution is 0.0282. The molecule has 26 heavy (non-hydrogen) atoms. The van der Waals surface area contributed by atoms with E-state index in [2.05, 4.69) is 25.1 Å². The van der Waals surface area contributed by atoms with Crippen LogP contribution >= 0.6 is 0 Å². The number of hydrogen-bond donors (Lipinski definition) is 1. The number of benzene rings is 3. The van der Waals surface area contributed by atoms with Gasteiger partial charge in [-0.3, -0.25) is 0 Å². The van der Waals surface area contributed by atoms with Crippen LogP contribution in [0.15, 0.2) is 84.9 Å². The Hall–Kier alpha value is -2.42. The summed E-state index contributed by atoms with van der Waals surface area (Å²) in [4.78, 5) is 0. The fourth-order valence-electron chi connectivity index (χ4n) is 4.19. The van der Waals surface area contributed by atoms with Crippen molar-refractivity contribution in [1.82, 2.24) is 0 Å². The Labute approximate surface area is 155 Å². The van der Waals surface area contributed by atoms with Crippen molar-refractivity contribution in [1.29, 1.82) is 0 Å². The molecule has 3 aromatic carbocycles. The van der Waals surface area contributed by atoms with Crippen LogP contribution in [0.3, 0.4) is 0 Å². The summed E-state index contributed by atoms with van der Waals surface area (Å²) in [6.45, 7) is 3.36. The number of hydrogen-bond acceptors (Lipinski definition) is 2. The molecule has 0 aliphatic heterocycles. The summed E-state index contributed by atoms with van der Waals surface area (Å²) in [5.74, 6) is 0. The van der Waals surface area contributed by atoms with E-state index in [-0.39, 0.29) is 5.41 Å². The Bertz CT molecular complexity index is 875. The van der Waals surface area contributed by atoms with Crippen molar-refractivity contribution in [3.63, 3.8) is 0 Å². The van der Waals surface area contributed by atoms with E-state index in [1.807, 2.05) is 66.7 Å². The molecule has 2 heteroatoms. The van der Waals surface area contributed by atoms with Crippen molar-refractivity contribution >= 4 is 0 Å². The maximum Gasteiger partial charge on any atom is 0.116 e. The van der Waals surface area contributed by atoms with Gasteiger partial charge in [0.05, 0.1) is 13.2 Å². The quantitative estimate of drug-likeness (QED) is 0.720. The van der Waals surface area contributed by atoms with Gasteiger partial charge in [-0.05, 0) is 28.7 Å². The van der Waals surface area contributed by atoms with E-state index in [0.717, 1.165) is 11.1 Å². The summed E-state index contributed by atoms with van der Waals surface area (Å²) < 4.78 is 6.08. The predicted molar refractivity (Wildman–Crippen MR) is 104 cm³/mol. The van der Waals surface area contributed by atoms with Crippen LogP contribution in [-0.4, -0.2) is 11.7 Å². The van der Waals surface area contributed by atoms with Gasteiger partial charge in [0.15, 0.2) is 0 Å². The Morgan fingerprint density at radius 3 is 2.08 bits per heavy atom. The van der Waals surface area contributed by atoms with E-state index >= 15 is 0 Å². The lowest BCUT2D eigenvalue weighted by atomic mass is 9.82. The molecule has 3 aromatic rings. The molecule has 0 heterocycles. The summed E-state index contributed by atoms with van der Waals surface area (Å²) in [5.41, 5.74) is 3.09. The zero-order chi connectivity index (χ0) is 18.0. The van der Waals surface area contributed by atoms with Crippen molar-refractivity contribution in [3.8, 4) is 0 Å². The molecule has 0 saturated heterocycles. The first-order valence-electron chi connectivity index (χ1n) is 9.11. The number of rotatable bonds is 5. The first-order valence-corrected chi connectivity index (χ1v) is 9.11. The van der Waals surface area contributed by atoms with Crippen LogP contribution < -0.4 is 0 Å². The lowest BCUT2D eigenvalue weighted by Crippen LogP contribution is -2.31. The van der Waals surface area contributed by atoms with Gasteiger partial charge in [0.1, 0.15) is 5.60 Å². The smallest absolute Gasteiger partial charge is 0.116 e. The SMILES string of the molecule is C[C@@]1(COCc2ccccc2)C[C@@](O)(c2ccccc2)c2ccccc21. The molecule has 0 radical (unpaired) electrons. The zero-order valence-corrected chi connectivity index (χ0v) is 15.1. The van der Waals surface area contributed by atoms with Gasteiger partial charge < -0.3 is 9.84 Å². The summed E-state index contributed by atoms with van der Waals surface area (Å²) in [5, 5.41) is 11.6. The van der Waals surface area contributed by atoms with Gasteiger partial charge in [-0.15, -0.1) is 0 Å². The standard InChI is InChI=1S/C24H24O2/c1-23(18-26-16-19-10-4-2-5-11-19)17-24(25,20-12-6-3-7-13-20)22-15-9-8-14-21(22)23/h2-15,25H,16-18H2,1H3/t23-,24+/m0/s1. The number of ether oxygens (including phenoxy) is 1. The van der Waals surface area contributed by atoms with Gasteiger partial charge in [0, 0.05) is 5.41 Å². The molecule has 2 atom stereocenters. The molecular weight excluding hydrogens is 320 g/mol. The average Bonchev–Trinajstić information content (AvgIpc) is 2.92. The molecule has 2 nitrogen and oxygen atoms in total. The molecule has 0 fully saturated rings. The maximum atomic E-state index is 11.6. The van der Waals surface area contributed by atoms with Crippen molar-refractivity contribution in [2.45, 2.75) is 31.0 Å². The normalized spacial score (nSPS) is 24.4. The van der Waals surface area contributed by atoms with Gasteiger partial charge in [0.25, 0.3) is 0 Å². The topological polar surface area (TPSA) is 29.5 Å². The van der Waals surface area contributed by atoms with E-state index in [4.69, 9.17) is 4.74 Å². The molecule has 0 aromatic heterocycles. The van der Waals surface area contributed by atoms with Gasteiger partial charge >= 0.3 is 0 Å². The molecule has 0 amide bonds. The Kier molecular flexibility index (Phi) is 4.39. The molecule has 0 unspecified atom stereocenters. The average molecular weight is 344 g/mol. The first-order chi connectivity index (χ1) is 12.6. The molecular formula is C24H24O2. The highest BCUT2D eigenvalue weighted by atomic mass is 16.5. The largest absolute Gasteiger partial charge is 0.380 e. The highest BCUT2D eigenvalue weighted by Gasteiger charge is 2.49. The van der Waals surface area contributed by atoms with Crippen molar-refractivity contribution in [3.05, 3.63) is 107 Å². The molecule has 0 saturated carbocycles. The van der Waals surface area contributed by atoms with Crippen molar-refractivity contribution in [2.24, 2.45) is 0 Å². The second-order valence-corrected chi connectivity index (χ2v) is 7.49. The third-order valence-corrected chi connectivity index (χ3v) is 5.45. The fourth-order valence-corrected chi connectivity index (χ4v) is 4.19. The van der Waals surface area contributed by atoms with Crippen LogP contribution in [0.4, 0.5) is 0 Å². The predicted octanol–water partition coefficient (Wildman–Crippen LogP) is 4.80. The number of fused-ring (bicyclic) bond motifs is 1. The molecule has 1 N–H and O–H groups in total. The van der Waals surface area contributed by atoms with E-state index in [1.165, 1.54) is 11.1 Å². The van der Waals surface area contributed by atoms with E-state index in [0.29, 0.717) is 19.6 Å². The number of aliphatic hydroxyl groups is 1. The lowest BCUT2D eigenvalue weighted by Gasteiger charge is -2.29. The second kappa shape index (κ2) is 6.71. The first kappa shape index (κ1) is 17.0. The molecule has 0 spiro atoms. The van der Waals surface area contributed by atoms with Crippen LogP contribution in [0, 0.1) is 0 Å². The minimum Gasteiger partial charge on any atom is -0.380 e. The third-order valence-electron chi connectivity index (χ3n) is 5.45. The second-order valence-electron chi connectivity index (χ2n) is 7.49. The molecule has 4 rings (SSSR count). The van der Waals surface area contributed by atoms with Crippen LogP contribution in [0.5, 0.6) is 0 Å². The fraction of sp³-hybridized carbons (Fsp3) is 0.250. The van der Waals surface area contributed by atoms with E-state index < -0.39 is 5.60 Å². The summed E-state index contributed by atoms with van der Waals surface area (Å²) in [7, 11) is 0. The summed E-state index contributed by atoms with van der Waals surface area (Å²) in [6, 6.07) is 28.4.